The van der Waals surface area contributed by atoms with Crippen LogP contribution in [0.3, 0.4) is 0 Å². The number of halogens is 1. The molecule has 5 rings (SSSR count). The van der Waals surface area contributed by atoms with Crippen molar-refractivity contribution in [3.05, 3.63) is 125 Å². The minimum absolute atomic E-state index is 0.0668. The Labute approximate surface area is 252 Å². The molecule has 216 valence electrons. The summed E-state index contributed by atoms with van der Waals surface area (Å²) in [6.07, 6.45) is 0.620. The number of anilines is 3. The topological polar surface area (TPSA) is 114 Å². The molecule has 1 aliphatic heterocycles. The second-order valence-electron chi connectivity index (χ2n) is 9.38. The number of amides is 3. The summed E-state index contributed by atoms with van der Waals surface area (Å²) in [7, 11) is 0. The Morgan fingerprint density at radius 3 is 2.09 bits per heavy atom. The van der Waals surface area contributed by atoms with E-state index in [1.807, 2.05) is 37.3 Å². The Kier molecular flexibility index (Phi) is 8.83. The Morgan fingerprint density at radius 1 is 0.767 bits per heavy atom. The first-order valence-electron chi connectivity index (χ1n) is 13.4. The van der Waals surface area contributed by atoms with Crippen molar-refractivity contribution < 1.29 is 28.7 Å². The number of nitrogens with one attached hydrogen (secondary N) is 2. The van der Waals surface area contributed by atoms with Gasteiger partial charge in [-0.25, -0.2) is 9.69 Å². The van der Waals surface area contributed by atoms with E-state index >= 15 is 0 Å². The molecule has 10 heteroatoms. The molecule has 2 N–H and O–H groups in total. The Bertz CT molecular complexity index is 1700. The molecule has 1 heterocycles. The van der Waals surface area contributed by atoms with E-state index in [4.69, 9.17) is 21.1 Å². The summed E-state index contributed by atoms with van der Waals surface area (Å²) in [6, 6.07) is 28.8. The predicted molar refractivity (Wildman–Crippen MR) is 163 cm³/mol. The molecule has 0 fully saturated rings. The van der Waals surface area contributed by atoms with E-state index in [0.717, 1.165) is 4.90 Å². The van der Waals surface area contributed by atoms with Crippen LogP contribution in [0.5, 0.6) is 11.5 Å². The average molecular weight is 596 g/mol. The van der Waals surface area contributed by atoms with Crippen molar-refractivity contribution in [1.82, 2.24) is 0 Å². The van der Waals surface area contributed by atoms with Gasteiger partial charge in [-0.3, -0.25) is 14.4 Å². The third-order valence-electron chi connectivity index (χ3n) is 6.34. The van der Waals surface area contributed by atoms with Crippen molar-refractivity contribution >= 4 is 52.4 Å². The van der Waals surface area contributed by atoms with Crippen LogP contribution in [0.1, 0.15) is 34.1 Å². The summed E-state index contributed by atoms with van der Waals surface area (Å²) in [5.41, 5.74) is 1.35. The van der Waals surface area contributed by atoms with Crippen LogP contribution in [-0.4, -0.2) is 30.3 Å². The standard InChI is InChI=1S/C33H26ClN3O6/c1-2-20-42-33(41)26-10-6-7-11-27(26)37-31(39)28(34)29(32(37)40)35-22-14-12-21(13-15-22)30(38)36-23-16-18-25(19-17-23)43-24-8-4-3-5-9-24/h3-19,35H,2,20H2,1H3,(H,36,38). The first-order valence-corrected chi connectivity index (χ1v) is 13.8. The molecular weight excluding hydrogens is 570 g/mol. The fourth-order valence-corrected chi connectivity index (χ4v) is 4.44. The van der Waals surface area contributed by atoms with Gasteiger partial charge in [0.15, 0.2) is 0 Å². The molecule has 0 saturated carbocycles. The van der Waals surface area contributed by atoms with Crippen LogP contribution in [0, 0.1) is 0 Å². The van der Waals surface area contributed by atoms with E-state index in [1.165, 1.54) is 12.1 Å². The minimum atomic E-state index is -0.777. The highest BCUT2D eigenvalue weighted by atomic mass is 35.5. The van der Waals surface area contributed by atoms with Gasteiger partial charge >= 0.3 is 5.97 Å². The number of hydrogen-bond acceptors (Lipinski definition) is 7. The zero-order chi connectivity index (χ0) is 30.3. The van der Waals surface area contributed by atoms with Crippen LogP contribution in [0.2, 0.25) is 0 Å². The number of carbonyl (C=O) groups is 4. The van der Waals surface area contributed by atoms with Crippen molar-refractivity contribution in [2.75, 3.05) is 22.1 Å². The van der Waals surface area contributed by atoms with E-state index in [1.54, 1.807) is 60.7 Å². The van der Waals surface area contributed by atoms with Gasteiger partial charge < -0.3 is 20.1 Å². The van der Waals surface area contributed by atoms with Crippen molar-refractivity contribution in [2.45, 2.75) is 13.3 Å². The van der Waals surface area contributed by atoms with Gasteiger partial charge in [0.05, 0.1) is 17.9 Å². The molecule has 43 heavy (non-hydrogen) atoms. The number of nitrogens with zero attached hydrogens (tertiary/aromatic N) is 1. The lowest BCUT2D eigenvalue weighted by molar-refractivity contribution is -0.120. The second kappa shape index (κ2) is 13.1. The summed E-state index contributed by atoms with van der Waals surface area (Å²) < 4.78 is 11.0. The first-order chi connectivity index (χ1) is 20.9. The van der Waals surface area contributed by atoms with Crippen LogP contribution < -0.4 is 20.3 Å². The molecule has 0 spiro atoms. The summed E-state index contributed by atoms with van der Waals surface area (Å²) in [5, 5.41) is 5.36. The lowest BCUT2D eigenvalue weighted by atomic mass is 10.1. The molecule has 4 aromatic carbocycles. The van der Waals surface area contributed by atoms with Crippen LogP contribution >= 0.6 is 11.6 Å². The number of esters is 1. The molecule has 3 amide bonds. The number of para-hydroxylation sites is 2. The molecule has 0 saturated heterocycles. The van der Waals surface area contributed by atoms with E-state index in [0.29, 0.717) is 34.9 Å². The number of benzene rings is 4. The van der Waals surface area contributed by atoms with Gasteiger partial charge in [-0.15, -0.1) is 0 Å². The average Bonchev–Trinajstić information content (AvgIpc) is 3.24. The Morgan fingerprint density at radius 2 is 1.40 bits per heavy atom. The first kappa shape index (κ1) is 29.1. The van der Waals surface area contributed by atoms with E-state index < -0.39 is 17.8 Å². The summed E-state index contributed by atoms with van der Waals surface area (Å²) in [5.74, 6) is -1.16. The number of hydrogen-bond donors (Lipinski definition) is 2. The number of carbonyl (C=O) groups excluding carboxylic acids is 4. The van der Waals surface area contributed by atoms with E-state index in [-0.39, 0.29) is 34.5 Å². The number of rotatable bonds is 10. The molecule has 0 radical (unpaired) electrons. The van der Waals surface area contributed by atoms with Crippen LogP contribution in [0.25, 0.3) is 0 Å². The van der Waals surface area contributed by atoms with Crippen molar-refractivity contribution in [2.24, 2.45) is 0 Å². The number of ether oxygens (including phenoxy) is 2. The molecule has 0 aromatic heterocycles. The lowest BCUT2D eigenvalue weighted by Gasteiger charge is -2.18. The zero-order valence-electron chi connectivity index (χ0n) is 23.0. The number of imide groups is 1. The van der Waals surface area contributed by atoms with Gasteiger partial charge in [-0.2, -0.15) is 0 Å². The van der Waals surface area contributed by atoms with Gasteiger partial charge in [0, 0.05) is 16.9 Å². The molecule has 4 aromatic rings. The summed E-state index contributed by atoms with van der Waals surface area (Å²) in [6.45, 7) is 2.06. The van der Waals surface area contributed by atoms with Crippen LogP contribution in [-0.2, 0) is 14.3 Å². The van der Waals surface area contributed by atoms with E-state index in [2.05, 4.69) is 10.6 Å². The Hall–Kier alpha value is -5.41. The van der Waals surface area contributed by atoms with Crippen molar-refractivity contribution in [3.63, 3.8) is 0 Å². The summed E-state index contributed by atoms with van der Waals surface area (Å²) in [4.78, 5) is 52.5. The fourth-order valence-electron chi connectivity index (χ4n) is 4.23. The zero-order valence-corrected chi connectivity index (χ0v) is 23.8. The molecule has 0 unspecified atom stereocenters. The van der Waals surface area contributed by atoms with E-state index in [9.17, 15) is 19.2 Å². The molecule has 1 aliphatic rings. The normalized spacial score (nSPS) is 12.7. The minimum Gasteiger partial charge on any atom is -0.462 e. The molecular formula is C33H26ClN3O6. The summed E-state index contributed by atoms with van der Waals surface area (Å²) >= 11 is 6.28. The van der Waals surface area contributed by atoms with Gasteiger partial charge in [0.2, 0.25) is 0 Å². The third kappa shape index (κ3) is 6.58. The monoisotopic (exact) mass is 595 g/mol. The van der Waals surface area contributed by atoms with Crippen molar-refractivity contribution in [3.8, 4) is 11.5 Å². The van der Waals surface area contributed by atoms with Crippen molar-refractivity contribution in [1.29, 1.82) is 0 Å². The van der Waals surface area contributed by atoms with Crippen LogP contribution in [0.4, 0.5) is 17.1 Å². The Balaban J connectivity index is 1.24. The lowest BCUT2D eigenvalue weighted by Crippen LogP contribution is -2.33. The maximum atomic E-state index is 13.3. The molecule has 9 nitrogen and oxygen atoms in total. The quantitative estimate of drug-likeness (QED) is 0.154. The molecule has 0 aliphatic carbocycles. The third-order valence-corrected chi connectivity index (χ3v) is 6.69. The van der Waals surface area contributed by atoms with Gasteiger partial charge in [-0.1, -0.05) is 48.9 Å². The highest BCUT2D eigenvalue weighted by molar-refractivity contribution is 6.53. The highest BCUT2D eigenvalue weighted by Crippen LogP contribution is 2.32. The van der Waals surface area contributed by atoms with Crippen LogP contribution in [0.15, 0.2) is 114 Å². The van der Waals surface area contributed by atoms with Gasteiger partial charge in [-0.05, 0) is 79.2 Å². The SMILES string of the molecule is CCCOC(=O)c1ccccc1N1C(=O)C(Cl)=C(Nc2ccc(C(=O)Nc3ccc(Oc4ccccc4)cc3)cc2)C1=O. The predicted octanol–water partition coefficient (Wildman–Crippen LogP) is 6.73. The molecule has 0 bridgehead atoms. The maximum absolute atomic E-state index is 13.3. The largest absolute Gasteiger partial charge is 0.462 e. The fraction of sp³-hybridized carbons (Fsp3) is 0.0909. The second-order valence-corrected chi connectivity index (χ2v) is 9.76. The highest BCUT2D eigenvalue weighted by Gasteiger charge is 2.40. The molecule has 0 atom stereocenters. The van der Waals surface area contributed by atoms with Gasteiger partial charge in [0.25, 0.3) is 17.7 Å². The smallest absolute Gasteiger partial charge is 0.340 e. The maximum Gasteiger partial charge on any atom is 0.340 e. The van der Waals surface area contributed by atoms with Gasteiger partial charge in [0.1, 0.15) is 22.2 Å².